The monoisotopic (exact) mass is 420 g/mol. The van der Waals surface area contributed by atoms with Crippen LogP contribution in [0.1, 0.15) is 28.8 Å². The molecule has 1 fully saturated rings. The maximum Gasteiger partial charge on any atom is 0.194 e. The Labute approximate surface area is 169 Å². The van der Waals surface area contributed by atoms with Gasteiger partial charge in [-0.1, -0.05) is 11.6 Å². The van der Waals surface area contributed by atoms with Gasteiger partial charge in [0.25, 0.3) is 0 Å². The predicted octanol–water partition coefficient (Wildman–Crippen LogP) is 4.42. The van der Waals surface area contributed by atoms with Gasteiger partial charge in [0.05, 0.1) is 11.2 Å². The van der Waals surface area contributed by atoms with E-state index in [1.165, 1.54) is 30.8 Å². The van der Waals surface area contributed by atoms with Gasteiger partial charge in [0.15, 0.2) is 5.78 Å². The van der Waals surface area contributed by atoms with Gasteiger partial charge < -0.3 is 9.64 Å². The zero-order valence-corrected chi connectivity index (χ0v) is 16.5. The van der Waals surface area contributed by atoms with Gasteiger partial charge in [-0.25, -0.2) is 4.39 Å². The molecule has 3 rings (SSSR count). The quantitative estimate of drug-likeness (QED) is 0.670. The molecule has 0 unspecified atom stereocenters. The molecule has 0 bridgehead atoms. The average molecular weight is 422 g/mol. The molecule has 2 aromatic rings. The summed E-state index contributed by atoms with van der Waals surface area (Å²) in [7, 11) is 2.08. The van der Waals surface area contributed by atoms with Crippen LogP contribution in [0.15, 0.2) is 36.7 Å². The minimum Gasteiger partial charge on any atom is -0.490 e. The lowest BCUT2D eigenvalue weighted by molar-refractivity contribution is 0.103. The summed E-state index contributed by atoms with van der Waals surface area (Å²) in [5.74, 6) is -0.272. The molecule has 0 N–H and O–H groups in total. The van der Waals surface area contributed by atoms with Crippen molar-refractivity contribution in [3.8, 4) is 5.75 Å². The normalized spacial score (nSPS) is 16.5. The molecular weight excluding hydrogens is 402 g/mol. The Morgan fingerprint density at radius 1 is 1.31 bits per heavy atom. The molecule has 0 amide bonds. The first-order valence-electron chi connectivity index (χ1n) is 7.82. The van der Waals surface area contributed by atoms with Crippen LogP contribution >= 0.6 is 36.4 Å². The largest absolute Gasteiger partial charge is 0.490 e. The van der Waals surface area contributed by atoms with Crippen molar-refractivity contribution in [3.63, 3.8) is 0 Å². The summed E-state index contributed by atoms with van der Waals surface area (Å²) < 4.78 is 19.0. The predicted molar refractivity (Wildman–Crippen MR) is 105 cm³/mol. The van der Waals surface area contributed by atoms with E-state index in [-0.39, 0.29) is 35.6 Å². The lowest BCUT2D eigenvalue weighted by atomic mass is 10.1. The summed E-state index contributed by atoms with van der Waals surface area (Å²) in [6.07, 6.45) is 5.33. The van der Waals surface area contributed by atoms with Gasteiger partial charge in [-0.3, -0.25) is 9.78 Å². The maximum absolute atomic E-state index is 13.2. The second-order valence-corrected chi connectivity index (χ2v) is 6.36. The minimum atomic E-state index is -0.552. The summed E-state index contributed by atoms with van der Waals surface area (Å²) in [6.45, 7) is 1.65. The molecule has 1 saturated heterocycles. The Balaban J connectivity index is 0.00000169. The fourth-order valence-corrected chi connectivity index (χ4v) is 2.99. The Kier molecular flexibility index (Phi) is 8.77. The molecule has 0 saturated carbocycles. The Hall–Kier alpha value is -1.40. The standard InChI is InChI=1S/C18H18ClFN2O2.2ClH/c1-22-6-2-3-14(22)11-24-15-7-13(9-21-10-15)18(23)12-4-5-17(20)16(19)8-12;;/h4-5,7-10,14H,2-3,6,11H2,1H3;2*1H/t14-;;/m0../s1. The highest BCUT2D eigenvalue weighted by atomic mass is 35.5. The molecule has 2 heterocycles. The third kappa shape index (κ3) is 5.30. The Morgan fingerprint density at radius 2 is 2.08 bits per heavy atom. The SMILES string of the molecule is CN1CCC[C@H]1COc1cncc(C(=O)c2ccc(F)c(Cl)c2)c1.Cl.Cl. The summed E-state index contributed by atoms with van der Waals surface area (Å²) in [5.41, 5.74) is 0.700. The van der Waals surface area contributed by atoms with Crippen molar-refractivity contribution < 1.29 is 13.9 Å². The van der Waals surface area contributed by atoms with Crippen LogP contribution in [-0.2, 0) is 0 Å². The van der Waals surface area contributed by atoms with E-state index in [4.69, 9.17) is 16.3 Å². The lowest BCUT2D eigenvalue weighted by Gasteiger charge is -2.19. The van der Waals surface area contributed by atoms with E-state index in [1.807, 2.05) is 0 Å². The second kappa shape index (κ2) is 10.1. The highest BCUT2D eigenvalue weighted by Gasteiger charge is 2.21. The summed E-state index contributed by atoms with van der Waals surface area (Å²) >= 11 is 5.74. The number of carbonyl (C=O) groups excluding carboxylic acids is 1. The van der Waals surface area contributed by atoms with Crippen LogP contribution in [0.2, 0.25) is 5.02 Å². The van der Waals surface area contributed by atoms with E-state index in [0.29, 0.717) is 29.5 Å². The molecule has 0 spiro atoms. The second-order valence-electron chi connectivity index (χ2n) is 5.95. The summed E-state index contributed by atoms with van der Waals surface area (Å²) in [6, 6.07) is 5.95. The number of nitrogens with zero attached hydrogens (tertiary/aromatic N) is 2. The fraction of sp³-hybridized carbons (Fsp3) is 0.333. The van der Waals surface area contributed by atoms with Crippen LogP contribution in [0.3, 0.4) is 0 Å². The number of rotatable bonds is 5. The van der Waals surface area contributed by atoms with E-state index in [0.717, 1.165) is 13.0 Å². The average Bonchev–Trinajstić information content (AvgIpc) is 3.00. The maximum atomic E-state index is 13.2. The van der Waals surface area contributed by atoms with E-state index >= 15 is 0 Å². The highest BCUT2D eigenvalue weighted by molar-refractivity contribution is 6.31. The molecule has 1 aliphatic rings. The number of hydrogen-bond acceptors (Lipinski definition) is 4. The molecule has 4 nitrogen and oxygen atoms in total. The van der Waals surface area contributed by atoms with E-state index in [2.05, 4.69) is 16.9 Å². The lowest BCUT2D eigenvalue weighted by Crippen LogP contribution is -2.30. The van der Waals surface area contributed by atoms with Crippen LogP contribution < -0.4 is 4.74 Å². The van der Waals surface area contributed by atoms with Gasteiger partial charge in [0.1, 0.15) is 18.2 Å². The van der Waals surface area contributed by atoms with Gasteiger partial charge >= 0.3 is 0 Å². The molecule has 1 aliphatic heterocycles. The van der Waals surface area contributed by atoms with Crippen molar-refractivity contribution >= 4 is 42.2 Å². The number of halogens is 4. The molecule has 142 valence electrons. The number of aromatic nitrogens is 1. The molecule has 26 heavy (non-hydrogen) atoms. The third-order valence-corrected chi connectivity index (χ3v) is 4.56. The minimum absolute atomic E-state index is 0. The molecule has 1 aromatic heterocycles. The number of hydrogen-bond donors (Lipinski definition) is 0. The topological polar surface area (TPSA) is 42.4 Å². The van der Waals surface area contributed by atoms with E-state index in [9.17, 15) is 9.18 Å². The third-order valence-electron chi connectivity index (χ3n) is 4.27. The molecule has 1 atom stereocenters. The van der Waals surface area contributed by atoms with Crippen LogP contribution in [0.4, 0.5) is 4.39 Å². The Bertz CT molecular complexity index is 761. The summed E-state index contributed by atoms with van der Waals surface area (Å²) in [4.78, 5) is 18.8. The van der Waals surface area contributed by atoms with Crippen LogP contribution in [0.25, 0.3) is 0 Å². The van der Waals surface area contributed by atoms with Crippen LogP contribution in [0.5, 0.6) is 5.75 Å². The van der Waals surface area contributed by atoms with Crippen LogP contribution in [0, 0.1) is 5.82 Å². The van der Waals surface area contributed by atoms with Crippen molar-refractivity contribution in [3.05, 3.63) is 58.6 Å². The molecule has 1 aromatic carbocycles. The van der Waals surface area contributed by atoms with Gasteiger partial charge in [-0.2, -0.15) is 0 Å². The van der Waals surface area contributed by atoms with Crippen molar-refractivity contribution in [2.75, 3.05) is 20.2 Å². The highest BCUT2D eigenvalue weighted by Crippen LogP contribution is 2.21. The van der Waals surface area contributed by atoms with Gasteiger partial charge in [0.2, 0.25) is 0 Å². The smallest absolute Gasteiger partial charge is 0.194 e. The van der Waals surface area contributed by atoms with Crippen molar-refractivity contribution in [1.29, 1.82) is 0 Å². The number of likely N-dealkylation sites (N-methyl/N-ethyl adjacent to an activating group) is 1. The zero-order chi connectivity index (χ0) is 17.1. The first-order valence-corrected chi connectivity index (χ1v) is 8.20. The van der Waals surface area contributed by atoms with Crippen molar-refractivity contribution in [2.24, 2.45) is 0 Å². The molecular formula is C18H20Cl3FN2O2. The number of pyridine rings is 1. The Morgan fingerprint density at radius 3 is 2.73 bits per heavy atom. The van der Waals surface area contributed by atoms with Gasteiger partial charge in [-0.15, -0.1) is 24.8 Å². The van der Waals surface area contributed by atoms with Crippen LogP contribution in [-0.4, -0.2) is 41.9 Å². The van der Waals surface area contributed by atoms with Gasteiger partial charge in [-0.05, 0) is 50.7 Å². The van der Waals surface area contributed by atoms with Crippen molar-refractivity contribution in [2.45, 2.75) is 18.9 Å². The zero-order valence-electron chi connectivity index (χ0n) is 14.2. The van der Waals surface area contributed by atoms with Crippen molar-refractivity contribution in [1.82, 2.24) is 9.88 Å². The number of benzene rings is 1. The first kappa shape index (κ1) is 22.6. The molecule has 0 radical (unpaired) electrons. The van der Waals surface area contributed by atoms with Gasteiger partial charge in [0, 0.05) is 23.4 Å². The first-order chi connectivity index (χ1) is 11.5. The number of ketones is 1. The fourth-order valence-electron chi connectivity index (χ4n) is 2.81. The number of likely N-dealkylation sites (tertiary alicyclic amines) is 1. The van der Waals surface area contributed by atoms with E-state index < -0.39 is 5.82 Å². The number of ether oxygens (including phenoxy) is 1. The summed E-state index contributed by atoms with van der Waals surface area (Å²) in [5, 5.41) is -0.0783. The number of carbonyl (C=O) groups is 1. The molecule has 0 aliphatic carbocycles. The van der Waals surface area contributed by atoms with E-state index in [1.54, 1.807) is 12.3 Å². The molecule has 8 heteroatoms.